The largest absolute Gasteiger partial charge is 0.481 e. The summed E-state index contributed by atoms with van der Waals surface area (Å²) in [5, 5.41) is 14.1. The van der Waals surface area contributed by atoms with Gasteiger partial charge >= 0.3 is 5.97 Å². The molecular formula is C32H24ClFN2O3. The third-order valence-electron chi connectivity index (χ3n) is 7.38. The fraction of sp³-hybridized carbons (Fsp3) is 0.156. The van der Waals surface area contributed by atoms with Crippen LogP contribution in [-0.4, -0.2) is 21.2 Å². The van der Waals surface area contributed by atoms with Gasteiger partial charge in [0.25, 0.3) is 0 Å². The molecule has 1 N–H and O–H groups in total. The van der Waals surface area contributed by atoms with E-state index in [1.165, 1.54) is 12.1 Å². The zero-order valence-corrected chi connectivity index (χ0v) is 21.9. The molecule has 5 aromatic rings. The highest BCUT2D eigenvalue weighted by Crippen LogP contribution is 2.48. The third kappa shape index (κ3) is 4.84. The molecule has 0 unspecified atom stereocenters. The first-order chi connectivity index (χ1) is 18.8. The maximum absolute atomic E-state index is 13.9. The summed E-state index contributed by atoms with van der Waals surface area (Å²) in [4.78, 5) is 16.4. The second-order valence-electron chi connectivity index (χ2n) is 9.97. The van der Waals surface area contributed by atoms with Crippen molar-refractivity contribution in [2.45, 2.75) is 31.6 Å². The van der Waals surface area contributed by atoms with Crippen LogP contribution in [0.25, 0.3) is 33.7 Å². The Labute approximate surface area is 229 Å². The van der Waals surface area contributed by atoms with Crippen LogP contribution >= 0.6 is 11.6 Å². The Morgan fingerprint density at radius 2 is 1.62 bits per heavy atom. The van der Waals surface area contributed by atoms with Crippen molar-refractivity contribution in [3.63, 3.8) is 0 Å². The van der Waals surface area contributed by atoms with Crippen LogP contribution in [-0.2, 0) is 16.6 Å². The predicted octanol–water partition coefficient (Wildman–Crippen LogP) is 7.88. The van der Waals surface area contributed by atoms with Crippen molar-refractivity contribution in [1.29, 1.82) is 0 Å². The molecule has 3 aromatic carbocycles. The molecule has 2 aromatic heterocycles. The van der Waals surface area contributed by atoms with Crippen molar-refractivity contribution < 1.29 is 18.8 Å². The number of rotatable bonds is 7. The summed E-state index contributed by atoms with van der Waals surface area (Å²) in [6.45, 7) is 1.90. The third-order valence-corrected chi connectivity index (χ3v) is 7.60. The molecule has 2 heterocycles. The van der Waals surface area contributed by atoms with Gasteiger partial charge in [0.2, 0.25) is 0 Å². The van der Waals surface area contributed by atoms with Gasteiger partial charge in [0.15, 0.2) is 5.76 Å². The number of aliphatic carboxylic acids is 1. The van der Waals surface area contributed by atoms with Crippen LogP contribution in [0.3, 0.4) is 0 Å². The number of nitrogens with zero attached hydrogens (tertiary/aromatic N) is 2. The lowest BCUT2D eigenvalue weighted by molar-refractivity contribution is -0.140. The first-order valence-electron chi connectivity index (χ1n) is 12.6. The second-order valence-corrected chi connectivity index (χ2v) is 10.4. The quantitative estimate of drug-likeness (QED) is 0.228. The molecule has 0 radical (unpaired) electrons. The Morgan fingerprint density at radius 1 is 0.949 bits per heavy atom. The Balaban J connectivity index is 1.24. The molecule has 1 aliphatic carbocycles. The molecule has 1 aliphatic rings. The maximum Gasteiger partial charge on any atom is 0.314 e. The van der Waals surface area contributed by atoms with Crippen molar-refractivity contribution in [3.8, 4) is 33.7 Å². The van der Waals surface area contributed by atoms with Gasteiger partial charge in [-0.05, 0) is 66.8 Å². The lowest BCUT2D eigenvalue weighted by atomic mass is 9.93. The van der Waals surface area contributed by atoms with Crippen LogP contribution in [0, 0.1) is 12.7 Å². The van der Waals surface area contributed by atoms with Crippen LogP contribution < -0.4 is 0 Å². The molecule has 0 spiro atoms. The lowest BCUT2D eigenvalue weighted by Gasteiger charge is -2.11. The normalized spacial score (nSPS) is 13.8. The van der Waals surface area contributed by atoms with E-state index in [2.05, 4.69) is 5.16 Å². The molecule has 1 saturated carbocycles. The van der Waals surface area contributed by atoms with E-state index in [0.29, 0.717) is 41.3 Å². The van der Waals surface area contributed by atoms with E-state index in [1.54, 1.807) is 6.07 Å². The monoisotopic (exact) mass is 538 g/mol. The Bertz CT molecular complexity index is 1670. The van der Waals surface area contributed by atoms with Gasteiger partial charge in [-0.25, -0.2) is 4.39 Å². The highest BCUT2D eigenvalue weighted by atomic mass is 35.5. The number of carbonyl (C=O) groups is 1. The van der Waals surface area contributed by atoms with Gasteiger partial charge in [-0.15, -0.1) is 0 Å². The van der Waals surface area contributed by atoms with E-state index in [0.717, 1.165) is 39.2 Å². The standard InChI is InChI=1S/C32H24ClFN2O3/c1-19-28(18-27-3-2-4-29(35-27)23-15-25(33)17-26(34)16-23)30(39-36-19)22-7-5-20(6-8-22)21-9-11-24(12-10-21)32(13-14-32)31(37)38/h2-12,15-17H,13-14,18H2,1H3,(H,37,38). The van der Waals surface area contributed by atoms with Crippen LogP contribution in [0.15, 0.2) is 89.5 Å². The molecular weight excluding hydrogens is 515 g/mol. The summed E-state index contributed by atoms with van der Waals surface area (Å²) in [6.07, 6.45) is 1.87. The molecule has 0 atom stereocenters. The maximum atomic E-state index is 13.9. The van der Waals surface area contributed by atoms with Gasteiger partial charge in [-0.3, -0.25) is 9.78 Å². The molecule has 39 heavy (non-hydrogen) atoms. The van der Waals surface area contributed by atoms with Crippen molar-refractivity contribution >= 4 is 17.6 Å². The lowest BCUT2D eigenvalue weighted by Crippen LogP contribution is -2.19. The minimum absolute atomic E-state index is 0.320. The van der Waals surface area contributed by atoms with Gasteiger partial charge in [-0.2, -0.15) is 0 Å². The molecule has 7 heteroatoms. The summed E-state index contributed by atoms with van der Waals surface area (Å²) >= 11 is 6.04. The van der Waals surface area contributed by atoms with Gasteiger partial charge < -0.3 is 9.63 Å². The number of hydrogen-bond acceptors (Lipinski definition) is 4. The number of halogens is 2. The van der Waals surface area contributed by atoms with E-state index >= 15 is 0 Å². The highest BCUT2D eigenvalue weighted by molar-refractivity contribution is 6.30. The number of carboxylic acid groups (broad SMARTS) is 1. The SMILES string of the molecule is Cc1noc(-c2ccc(-c3ccc(C4(C(=O)O)CC4)cc3)cc2)c1Cc1cccc(-c2cc(F)cc(Cl)c2)n1. The zero-order chi connectivity index (χ0) is 27.1. The van der Waals surface area contributed by atoms with E-state index < -0.39 is 17.2 Å². The Morgan fingerprint density at radius 3 is 2.26 bits per heavy atom. The number of pyridine rings is 1. The number of hydrogen-bond donors (Lipinski definition) is 1. The molecule has 5 nitrogen and oxygen atoms in total. The summed E-state index contributed by atoms with van der Waals surface area (Å²) in [7, 11) is 0. The summed E-state index contributed by atoms with van der Waals surface area (Å²) in [5.41, 5.74) is 6.82. The van der Waals surface area contributed by atoms with E-state index in [9.17, 15) is 14.3 Å². The minimum Gasteiger partial charge on any atom is -0.481 e. The highest BCUT2D eigenvalue weighted by Gasteiger charge is 2.51. The van der Waals surface area contributed by atoms with Crippen molar-refractivity contribution in [3.05, 3.63) is 118 Å². The van der Waals surface area contributed by atoms with Gasteiger partial charge in [0.1, 0.15) is 5.82 Å². The van der Waals surface area contributed by atoms with Gasteiger partial charge in [0.05, 0.1) is 16.8 Å². The molecule has 0 saturated heterocycles. The van der Waals surface area contributed by atoms with Crippen LogP contribution in [0.1, 0.15) is 35.4 Å². The number of aromatic nitrogens is 2. The van der Waals surface area contributed by atoms with Crippen LogP contribution in [0.5, 0.6) is 0 Å². The smallest absolute Gasteiger partial charge is 0.314 e. The predicted molar refractivity (Wildman–Crippen MR) is 148 cm³/mol. The van der Waals surface area contributed by atoms with Gasteiger partial charge in [0, 0.05) is 33.8 Å². The van der Waals surface area contributed by atoms with Crippen LogP contribution in [0.2, 0.25) is 5.02 Å². The summed E-state index contributed by atoms with van der Waals surface area (Å²) < 4.78 is 19.6. The zero-order valence-electron chi connectivity index (χ0n) is 21.1. The molecule has 6 rings (SSSR count). The number of benzene rings is 3. The minimum atomic E-state index is -0.752. The molecule has 0 aliphatic heterocycles. The van der Waals surface area contributed by atoms with Crippen molar-refractivity contribution in [2.24, 2.45) is 0 Å². The van der Waals surface area contributed by atoms with E-state index in [-0.39, 0.29) is 0 Å². The number of aryl methyl sites for hydroxylation is 1. The average molecular weight is 539 g/mol. The Kier molecular flexibility index (Phi) is 6.28. The molecule has 194 valence electrons. The first kappa shape index (κ1) is 25.0. The summed E-state index contributed by atoms with van der Waals surface area (Å²) in [5.74, 6) is -0.487. The first-order valence-corrected chi connectivity index (χ1v) is 13.0. The average Bonchev–Trinajstić information content (AvgIpc) is 3.68. The molecule has 0 bridgehead atoms. The Hall–Kier alpha value is -4.29. The second kappa shape index (κ2) is 9.79. The topological polar surface area (TPSA) is 76.2 Å². The van der Waals surface area contributed by atoms with Crippen LogP contribution in [0.4, 0.5) is 4.39 Å². The van der Waals surface area contributed by atoms with E-state index in [1.807, 2.05) is 73.7 Å². The van der Waals surface area contributed by atoms with E-state index in [4.69, 9.17) is 21.1 Å². The fourth-order valence-electron chi connectivity index (χ4n) is 4.99. The van der Waals surface area contributed by atoms with Crippen molar-refractivity contribution in [2.75, 3.05) is 0 Å². The van der Waals surface area contributed by atoms with Gasteiger partial charge in [-0.1, -0.05) is 71.4 Å². The molecule has 1 fully saturated rings. The van der Waals surface area contributed by atoms with Crippen molar-refractivity contribution in [1.82, 2.24) is 10.1 Å². The number of carboxylic acids is 1. The fourth-order valence-corrected chi connectivity index (χ4v) is 5.21. The molecule has 0 amide bonds. The summed E-state index contributed by atoms with van der Waals surface area (Å²) in [6, 6.07) is 25.8.